The number of hydrogen-bond acceptors (Lipinski definition) is 4. The highest BCUT2D eigenvalue weighted by Gasteiger charge is 2.49. The molecule has 4 rings (SSSR count). The number of hydrogen-bond donors (Lipinski definition) is 2. The van der Waals surface area contributed by atoms with Crippen molar-refractivity contribution in [3.05, 3.63) is 59.7 Å². The van der Waals surface area contributed by atoms with E-state index in [0.717, 1.165) is 22.3 Å². The summed E-state index contributed by atoms with van der Waals surface area (Å²) in [5, 5.41) is 12.4. The fourth-order valence-corrected chi connectivity index (χ4v) is 5.26. The summed E-state index contributed by atoms with van der Waals surface area (Å²) < 4.78 is 5.61. The summed E-state index contributed by atoms with van der Waals surface area (Å²) in [6.07, 6.45) is -0.0925. The second kappa shape index (κ2) is 9.12. The van der Waals surface area contributed by atoms with Gasteiger partial charge in [0.1, 0.15) is 18.7 Å². The van der Waals surface area contributed by atoms with E-state index < -0.39 is 29.6 Å². The number of benzene rings is 2. The third-order valence-electron chi connectivity index (χ3n) is 7.12. The van der Waals surface area contributed by atoms with Crippen LogP contribution in [0.4, 0.5) is 4.79 Å². The average Bonchev–Trinajstić information content (AvgIpc) is 3.29. The Hall–Kier alpha value is -3.35. The third kappa shape index (κ3) is 4.27. The quantitative estimate of drug-likeness (QED) is 0.666. The maximum absolute atomic E-state index is 13.3. The van der Waals surface area contributed by atoms with Crippen LogP contribution >= 0.6 is 0 Å². The number of amides is 2. The van der Waals surface area contributed by atoms with Gasteiger partial charge >= 0.3 is 12.1 Å². The van der Waals surface area contributed by atoms with Crippen molar-refractivity contribution in [2.45, 2.75) is 52.1 Å². The van der Waals surface area contributed by atoms with E-state index in [1.807, 2.05) is 64.1 Å². The lowest BCUT2D eigenvalue weighted by atomic mass is 9.84. The second-order valence-corrected chi connectivity index (χ2v) is 10.2. The van der Waals surface area contributed by atoms with Crippen molar-refractivity contribution in [2.75, 3.05) is 13.2 Å². The van der Waals surface area contributed by atoms with Crippen LogP contribution in [0.15, 0.2) is 48.5 Å². The minimum Gasteiger partial charge on any atom is -0.480 e. The van der Waals surface area contributed by atoms with Crippen LogP contribution in [-0.4, -0.2) is 53.2 Å². The zero-order valence-corrected chi connectivity index (χ0v) is 20.1. The number of ether oxygens (including phenoxy) is 1. The van der Waals surface area contributed by atoms with Crippen molar-refractivity contribution in [3.8, 4) is 11.1 Å². The zero-order valence-electron chi connectivity index (χ0n) is 20.1. The summed E-state index contributed by atoms with van der Waals surface area (Å²) in [6.45, 7) is 7.84. The van der Waals surface area contributed by atoms with Crippen LogP contribution < -0.4 is 5.32 Å². The Labute approximate surface area is 200 Å². The molecule has 34 heavy (non-hydrogen) atoms. The molecular formula is C27H32N2O5. The van der Waals surface area contributed by atoms with Gasteiger partial charge in [0.05, 0.1) is 0 Å². The number of carbonyl (C=O) groups excluding carboxylic acids is 2. The molecule has 0 radical (unpaired) electrons. The summed E-state index contributed by atoms with van der Waals surface area (Å²) in [5.41, 5.74) is 3.96. The van der Waals surface area contributed by atoms with Crippen molar-refractivity contribution in [2.24, 2.45) is 11.3 Å². The summed E-state index contributed by atoms with van der Waals surface area (Å²) in [4.78, 5) is 39.4. The molecule has 1 heterocycles. The largest absolute Gasteiger partial charge is 0.480 e. The monoisotopic (exact) mass is 464 g/mol. The summed E-state index contributed by atoms with van der Waals surface area (Å²) in [7, 11) is 0. The molecule has 7 heteroatoms. The Morgan fingerprint density at radius 1 is 1.06 bits per heavy atom. The molecule has 1 aliphatic heterocycles. The van der Waals surface area contributed by atoms with E-state index in [4.69, 9.17) is 4.74 Å². The fourth-order valence-electron chi connectivity index (χ4n) is 5.26. The second-order valence-electron chi connectivity index (χ2n) is 10.2. The number of nitrogens with one attached hydrogen (secondary N) is 1. The van der Waals surface area contributed by atoms with Crippen LogP contribution in [0.25, 0.3) is 11.1 Å². The summed E-state index contributed by atoms with van der Waals surface area (Å²) in [5.74, 6) is -1.73. The van der Waals surface area contributed by atoms with Crippen molar-refractivity contribution < 1.29 is 24.2 Å². The van der Waals surface area contributed by atoms with Crippen LogP contribution in [0.1, 0.15) is 51.2 Å². The number of carboxylic acids is 1. The lowest BCUT2D eigenvalue weighted by molar-refractivity contribution is -0.152. The summed E-state index contributed by atoms with van der Waals surface area (Å²) >= 11 is 0. The molecule has 2 aromatic carbocycles. The number of likely N-dealkylation sites (tertiary alicyclic amines) is 1. The Balaban J connectivity index is 1.46. The lowest BCUT2D eigenvalue weighted by Gasteiger charge is -2.32. The van der Waals surface area contributed by atoms with E-state index in [1.165, 1.54) is 4.90 Å². The van der Waals surface area contributed by atoms with Crippen molar-refractivity contribution in [1.29, 1.82) is 0 Å². The first-order valence-electron chi connectivity index (χ1n) is 11.8. The van der Waals surface area contributed by atoms with E-state index in [0.29, 0.717) is 13.0 Å². The maximum atomic E-state index is 13.3. The SMILES string of the molecule is CC(C)[C@@H](NC(=O)OCC1c2ccccc2-c2ccccc21)C(=O)N1CCC(C)(C)C1C(=O)O. The predicted octanol–water partition coefficient (Wildman–Crippen LogP) is 4.26. The van der Waals surface area contributed by atoms with Gasteiger partial charge in [0, 0.05) is 12.5 Å². The van der Waals surface area contributed by atoms with Gasteiger partial charge in [-0.25, -0.2) is 9.59 Å². The van der Waals surface area contributed by atoms with Gasteiger partial charge in [0.2, 0.25) is 5.91 Å². The molecule has 1 saturated heterocycles. The molecule has 180 valence electrons. The number of aliphatic carboxylic acids is 1. The predicted molar refractivity (Wildman–Crippen MR) is 128 cm³/mol. The standard InChI is InChI=1S/C27H32N2O5/c1-16(2)22(24(30)29-14-13-27(3,4)23(29)25(31)32)28-26(33)34-15-21-19-11-7-5-9-17(19)18-10-6-8-12-20(18)21/h5-12,16,21-23H,13-15H2,1-4H3,(H,28,33)(H,31,32)/t22-,23?/m1/s1. The maximum Gasteiger partial charge on any atom is 0.407 e. The number of nitrogens with zero attached hydrogens (tertiary/aromatic N) is 1. The Morgan fingerprint density at radius 3 is 2.15 bits per heavy atom. The average molecular weight is 465 g/mol. The van der Waals surface area contributed by atoms with Gasteiger partial charge in [0.15, 0.2) is 0 Å². The van der Waals surface area contributed by atoms with Gasteiger partial charge in [-0.1, -0.05) is 76.2 Å². The first-order chi connectivity index (χ1) is 16.1. The smallest absolute Gasteiger partial charge is 0.407 e. The molecule has 2 amide bonds. The molecule has 1 unspecified atom stereocenters. The number of carbonyl (C=O) groups is 3. The first-order valence-corrected chi connectivity index (χ1v) is 11.8. The molecule has 1 fully saturated rings. The van der Waals surface area contributed by atoms with Crippen LogP contribution in [0.5, 0.6) is 0 Å². The van der Waals surface area contributed by atoms with Crippen molar-refractivity contribution in [1.82, 2.24) is 10.2 Å². The van der Waals surface area contributed by atoms with Gasteiger partial charge in [-0.15, -0.1) is 0 Å². The number of fused-ring (bicyclic) bond motifs is 3. The van der Waals surface area contributed by atoms with Crippen LogP contribution in [0.2, 0.25) is 0 Å². The highest BCUT2D eigenvalue weighted by molar-refractivity contribution is 5.90. The van der Waals surface area contributed by atoms with E-state index in [1.54, 1.807) is 0 Å². The molecule has 2 N–H and O–H groups in total. The lowest BCUT2D eigenvalue weighted by Crippen LogP contribution is -2.55. The van der Waals surface area contributed by atoms with E-state index in [9.17, 15) is 19.5 Å². The van der Waals surface area contributed by atoms with Gasteiger partial charge in [-0.3, -0.25) is 4.79 Å². The Morgan fingerprint density at radius 2 is 1.62 bits per heavy atom. The molecule has 7 nitrogen and oxygen atoms in total. The van der Waals surface area contributed by atoms with Gasteiger partial charge in [0.25, 0.3) is 0 Å². The minimum absolute atomic E-state index is 0.0814. The van der Waals surface area contributed by atoms with Gasteiger partial charge < -0.3 is 20.1 Å². The molecule has 0 saturated carbocycles. The van der Waals surface area contributed by atoms with Gasteiger partial charge in [-0.05, 0) is 40.0 Å². The van der Waals surface area contributed by atoms with Gasteiger partial charge in [-0.2, -0.15) is 0 Å². The highest BCUT2D eigenvalue weighted by Crippen LogP contribution is 2.44. The molecule has 2 atom stereocenters. The van der Waals surface area contributed by atoms with Crippen molar-refractivity contribution in [3.63, 3.8) is 0 Å². The molecule has 1 aliphatic carbocycles. The summed E-state index contributed by atoms with van der Waals surface area (Å²) in [6, 6.07) is 14.4. The van der Waals surface area contributed by atoms with E-state index in [2.05, 4.69) is 17.4 Å². The zero-order chi connectivity index (χ0) is 24.6. The van der Waals surface area contributed by atoms with E-state index >= 15 is 0 Å². The minimum atomic E-state index is -1.03. The third-order valence-corrected chi connectivity index (χ3v) is 7.12. The Kier molecular flexibility index (Phi) is 6.39. The molecule has 0 aromatic heterocycles. The van der Waals surface area contributed by atoms with Crippen LogP contribution in [0.3, 0.4) is 0 Å². The normalized spacial score (nSPS) is 19.4. The molecule has 0 bridgehead atoms. The number of rotatable bonds is 6. The topological polar surface area (TPSA) is 95.9 Å². The van der Waals surface area contributed by atoms with Crippen LogP contribution in [0, 0.1) is 11.3 Å². The van der Waals surface area contributed by atoms with Crippen molar-refractivity contribution >= 4 is 18.0 Å². The van der Waals surface area contributed by atoms with E-state index in [-0.39, 0.29) is 24.3 Å². The molecular weight excluding hydrogens is 432 g/mol. The fraction of sp³-hybridized carbons (Fsp3) is 0.444. The molecule has 2 aliphatic rings. The first kappa shape index (κ1) is 23.8. The number of alkyl carbamates (subject to hydrolysis) is 1. The molecule has 2 aromatic rings. The highest BCUT2D eigenvalue weighted by atomic mass is 16.5. The molecule has 0 spiro atoms. The Bertz CT molecular complexity index is 1060. The van der Waals surface area contributed by atoms with Crippen LogP contribution in [-0.2, 0) is 14.3 Å². The number of carboxylic acid groups (broad SMARTS) is 1.